The summed E-state index contributed by atoms with van der Waals surface area (Å²) in [6, 6.07) is 0. The molecule has 0 radical (unpaired) electrons. The molecule has 0 amide bonds. The van der Waals surface area contributed by atoms with E-state index < -0.39 is 0 Å². The normalized spacial score (nSPS) is 21.9. The molecule has 0 N–H and O–H groups in total. The van der Waals surface area contributed by atoms with Crippen LogP contribution in [0.2, 0.25) is 0 Å². The van der Waals surface area contributed by atoms with E-state index in [2.05, 4.69) is 58.9 Å². The van der Waals surface area contributed by atoms with Crippen LogP contribution >= 0.6 is 0 Å². The van der Waals surface area contributed by atoms with Crippen LogP contribution in [0.3, 0.4) is 0 Å². The summed E-state index contributed by atoms with van der Waals surface area (Å²) in [7, 11) is 0. The Morgan fingerprint density at radius 2 is 1.75 bits per heavy atom. The highest BCUT2D eigenvalue weighted by Crippen LogP contribution is 2.26. The Bertz CT molecular complexity index is 411. The second-order valence-electron chi connectivity index (χ2n) is 6.58. The summed E-state index contributed by atoms with van der Waals surface area (Å²) in [6.07, 6.45) is 16.9. The molecule has 0 unspecified atom stereocenters. The Morgan fingerprint density at radius 1 is 1.05 bits per heavy atom. The van der Waals surface area contributed by atoms with E-state index in [9.17, 15) is 0 Å². The van der Waals surface area contributed by atoms with Gasteiger partial charge in [-0.3, -0.25) is 0 Å². The molecule has 0 aromatic rings. The van der Waals surface area contributed by atoms with Crippen molar-refractivity contribution < 1.29 is 0 Å². The molecule has 0 spiro atoms. The zero-order valence-electron chi connectivity index (χ0n) is 14.1. The summed E-state index contributed by atoms with van der Waals surface area (Å²) in [5.41, 5.74) is 6.11. The van der Waals surface area contributed by atoms with Crippen LogP contribution in [0, 0.1) is 5.92 Å². The van der Waals surface area contributed by atoms with E-state index in [0.717, 1.165) is 12.3 Å². The van der Waals surface area contributed by atoms with Gasteiger partial charge in [0.2, 0.25) is 0 Å². The maximum Gasteiger partial charge on any atom is -0.0164 e. The van der Waals surface area contributed by atoms with Gasteiger partial charge in [0.15, 0.2) is 0 Å². The van der Waals surface area contributed by atoms with Gasteiger partial charge in [-0.25, -0.2) is 0 Å². The first kappa shape index (κ1) is 17.0. The number of allylic oxidation sites excluding steroid dienone is 8. The minimum absolute atomic E-state index is 0.719. The standard InChI is InChI=1S/C20H32/c1-16(2)8-6-11-19(5)20-14-12-17(3)9-7-10-18(4)13-15-20/h8-9,11,13,20H,6-7,10,12,14-15H2,1-5H3/t20-/m0/s1. The van der Waals surface area contributed by atoms with Gasteiger partial charge >= 0.3 is 0 Å². The predicted octanol–water partition coefficient (Wildman–Crippen LogP) is 6.76. The van der Waals surface area contributed by atoms with Crippen LogP contribution in [0.4, 0.5) is 0 Å². The first-order valence-electron chi connectivity index (χ1n) is 8.10. The van der Waals surface area contributed by atoms with Gasteiger partial charge in [-0.05, 0) is 79.1 Å². The molecule has 1 rings (SSSR count). The maximum absolute atomic E-state index is 2.47. The highest BCUT2D eigenvalue weighted by Gasteiger charge is 2.10. The summed E-state index contributed by atoms with van der Waals surface area (Å²) in [5.74, 6) is 0.719. The van der Waals surface area contributed by atoms with Crippen molar-refractivity contribution in [3.63, 3.8) is 0 Å². The second kappa shape index (κ2) is 9.00. The van der Waals surface area contributed by atoms with E-state index in [0.29, 0.717) is 0 Å². The van der Waals surface area contributed by atoms with E-state index >= 15 is 0 Å². The first-order valence-corrected chi connectivity index (χ1v) is 8.10. The van der Waals surface area contributed by atoms with E-state index in [1.165, 1.54) is 37.7 Å². The molecule has 112 valence electrons. The lowest BCUT2D eigenvalue weighted by atomic mass is 9.87. The molecule has 0 bridgehead atoms. The smallest absolute Gasteiger partial charge is 0.0164 e. The third kappa shape index (κ3) is 6.93. The van der Waals surface area contributed by atoms with Gasteiger partial charge in [-0.15, -0.1) is 0 Å². The molecule has 1 aliphatic carbocycles. The maximum atomic E-state index is 2.47. The fraction of sp³-hybridized carbons (Fsp3) is 0.600. The van der Waals surface area contributed by atoms with Gasteiger partial charge in [0.05, 0.1) is 0 Å². The molecular weight excluding hydrogens is 240 g/mol. The number of hydrogen-bond donors (Lipinski definition) is 0. The topological polar surface area (TPSA) is 0 Å². The lowest BCUT2D eigenvalue weighted by molar-refractivity contribution is 0.559. The summed E-state index contributed by atoms with van der Waals surface area (Å²) < 4.78 is 0. The molecule has 0 aliphatic heterocycles. The first-order chi connectivity index (χ1) is 9.49. The molecule has 0 saturated heterocycles. The third-order valence-corrected chi connectivity index (χ3v) is 4.28. The Labute approximate surface area is 126 Å². The highest BCUT2D eigenvalue weighted by molar-refractivity contribution is 5.13. The van der Waals surface area contributed by atoms with E-state index in [-0.39, 0.29) is 0 Å². The minimum atomic E-state index is 0.719. The number of hydrogen-bond acceptors (Lipinski definition) is 0. The van der Waals surface area contributed by atoms with Gasteiger partial charge in [-0.1, -0.05) is 46.6 Å². The van der Waals surface area contributed by atoms with Crippen molar-refractivity contribution in [2.75, 3.05) is 0 Å². The molecule has 0 heterocycles. The molecule has 20 heavy (non-hydrogen) atoms. The van der Waals surface area contributed by atoms with Gasteiger partial charge in [0.25, 0.3) is 0 Å². The SMILES string of the molecule is CC(C)=CCC=C(C)[C@@H]1CC=C(C)CCC=C(C)CC1. The molecule has 0 nitrogen and oxygen atoms in total. The van der Waals surface area contributed by atoms with Crippen LogP contribution in [0.1, 0.15) is 73.1 Å². The van der Waals surface area contributed by atoms with Crippen molar-refractivity contribution in [2.24, 2.45) is 5.92 Å². The van der Waals surface area contributed by atoms with Crippen molar-refractivity contribution in [3.05, 3.63) is 46.6 Å². The van der Waals surface area contributed by atoms with Crippen LogP contribution in [0.15, 0.2) is 46.6 Å². The zero-order valence-corrected chi connectivity index (χ0v) is 14.1. The molecule has 0 aromatic heterocycles. The van der Waals surface area contributed by atoms with Gasteiger partial charge < -0.3 is 0 Å². The van der Waals surface area contributed by atoms with Gasteiger partial charge in [0.1, 0.15) is 0 Å². The molecule has 0 fully saturated rings. The van der Waals surface area contributed by atoms with Crippen LogP contribution in [0.25, 0.3) is 0 Å². The Hall–Kier alpha value is -1.04. The summed E-state index contributed by atoms with van der Waals surface area (Å²) in [6.45, 7) is 11.2. The fourth-order valence-electron chi connectivity index (χ4n) is 2.67. The summed E-state index contributed by atoms with van der Waals surface area (Å²) in [4.78, 5) is 0. The lowest BCUT2D eigenvalue weighted by Gasteiger charge is -2.18. The van der Waals surface area contributed by atoms with Crippen LogP contribution in [0.5, 0.6) is 0 Å². The average Bonchev–Trinajstić information content (AvgIpc) is 2.37. The van der Waals surface area contributed by atoms with E-state index in [1.54, 1.807) is 16.7 Å². The molecule has 0 saturated carbocycles. The van der Waals surface area contributed by atoms with Crippen LogP contribution in [-0.4, -0.2) is 0 Å². The zero-order chi connectivity index (χ0) is 15.0. The van der Waals surface area contributed by atoms with E-state index in [4.69, 9.17) is 0 Å². The Kier molecular flexibility index (Phi) is 7.65. The number of rotatable bonds is 3. The van der Waals surface area contributed by atoms with Gasteiger partial charge in [0, 0.05) is 0 Å². The van der Waals surface area contributed by atoms with Crippen molar-refractivity contribution in [2.45, 2.75) is 73.1 Å². The molecule has 0 heteroatoms. The van der Waals surface area contributed by atoms with Crippen molar-refractivity contribution in [1.82, 2.24) is 0 Å². The van der Waals surface area contributed by atoms with Crippen molar-refractivity contribution >= 4 is 0 Å². The quantitative estimate of drug-likeness (QED) is 0.498. The lowest BCUT2D eigenvalue weighted by Crippen LogP contribution is -2.03. The molecule has 0 aromatic carbocycles. The minimum Gasteiger partial charge on any atom is -0.0853 e. The predicted molar refractivity (Wildman–Crippen MR) is 91.9 cm³/mol. The third-order valence-electron chi connectivity index (χ3n) is 4.28. The van der Waals surface area contributed by atoms with Crippen LogP contribution < -0.4 is 0 Å². The molecule has 1 aliphatic rings. The largest absolute Gasteiger partial charge is 0.0853 e. The van der Waals surface area contributed by atoms with Crippen molar-refractivity contribution in [1.29, 1.82) is 0 Å². The highest BCUT2D eigenvalue weighted by atomic mass is 14.2. The van der Waals surface area contributed by atoms with Gasteiger partial charge in [-0.2, -0.15) is 0 Å². The van der Waals surface area contributed by atoms with Crippen molar-refractivity contribution in [3.8, 4) is 0 Å². The fourth-order valence-corrected chi connectivity index (χ4v) is 2.67. The molecular formula is C20H32. The average molecular weight is 272 g/mol. The Balaban J connectivity index is 2.73. The molecule has 1 atom stereocenters. The second-order valence-corrected chi connectivity index (χ2v) is 6.58. The Morgan fingerprint density at radius 3 is 2.45 bits per heavy atom. The van der Waals surface area contributed by atoms with E-state index in [1.807, 2.05) is 0 Å². The summed E-state index contributed by atoms with van der Waals surface area (Å²) >= 11 is 0. The van der Waals surface area contributed by atoms with Crippen LogP contribution in [-0.2, 0) is 0 Å². The summed E-state index contributed by atoms with van der Waals surface area (Å²) in [5, 5.41) is 0. The monoisotopic (exact) mass is 272 g/mol.